The highest BCUT2D eigenvalue weighted by atomic mass is 19.1. The average molecular weight is 490 g/mol. The van der Waals surface area contributed by atoms with Gasteiger partial charge in [0.1, 0.15) is 18.4 Å². The van der Waals surface area contributed by atoms with Crippen molar-refractivity contribution < 1.29 is 18.8 Å². The fourth-order valence-electron chi connectivity index (χ4n) is 6.02. The molecule has 2 heterocycles. The molecule has 3 fully saturated rings. The minimum atomic E-state index is -0.690. The van der Waals surface area contributed by atoms with Gasteiger partial charge in [-0.05, 0) is 68.1 Å². The van der Waals surface area contributed by atoms with E-state index in [0.29, 0.717) is 28.8 Å². The van der Waals surface area contributed by atoms with E-state index in [1.54, 1.807) is 47.4 Å². The Kier molecular flexibility index (Phi) is 5.50. The van der Waals surface area contributed by atoms with E-state index in [1.807, 2.05) is 0 Å². The van der Waals surface area contributed by atoms with Crippen LogP contribution in [0.4, 0.5) is 10.1 Å². The molecular formula is C27H28FN5O3. The topological polar surface area (TPSA) is 110 Å². The van der Waals surface area contributed by atoms with E-state index < -0.39 is 11.9 Å². The largest absolute Gasteiger partial charge is 0.364 e. The van der Waals surface area contributed by atoms with Crippen LogP contribution in [0.5, 0.6) is 0 Å². The number of benzene rings is 2. The molecular weight excluding hydrogens is 461 g/mol. The number of nitrogens with one attached hydrogen (secondary N) is 1. The Bertz CT molecular complexity index is 1380. The van der Waals surface area contributed by atoms with Gasteiger partial charge < -0.3 is 16.0 Å². The van der Waals surface area contributed by atoms with Crippen molar-refractivity contribution >= 4 is 34.3 Å². The number of hydrogen-bond donors (Lipinski definition) is 2. The van der Waals surface area contributed by atoms with E-state index in [1.165, 1.54) is 4.68 Å². The maximum absolute atomic E-state index is 15.1. The van der Waals surface area contributed by atoms with Gasteiger partial charge in [-0.3, -0.25) is 19.1 Å². The zero-order valence-electron chi connectivity index (χ0n) is 19.8. The van der Waals surface area contributed by atoms with Crippen LogP contribution in [-0.4, -0.2) is 44.5 Å². The third-order valence-corrected chi connectivity index (χ3v) is 7.87. The lowest BCUT2D eigenvalue weighted by Crippen LogP contribution is -2.55. The normalized spacial score (nSPS) is 23.1. The number of aromatic nitrogens is 2. The van der Waals surface area contributed by atoms with E-state index in [4.69, 9.17) is 5.73 Å². The van der Waals surface area contributed by atoms with Gasteiger partial charge in [-0.25, -0.2) is 4.39 Å². The van der Waals surface area contributed by atoms with E-state index >= 15 is 4.39 Å². The molecule has 186 valence electrons. The van der Waals surface area contributed by atoms with Gasteiger partial charge >= 0.3 is 0 Å². The second-order valence-electron chi connectivity index (χ2n) is 10.2. The Morgan fingerprint density at radius 3 is 2.61 bits per heavy atom. The van der Waals surface area contributed by atoms with Crippen LogP contribution >= 0.6 is 0 Å². The van der Waals surface area contributed by atoms with E-state index in [9.17, 15) is 14.4 Å². The van der Waals surface area contributed by atoms with E-state index in [0.717, 1.165) is 32.1 Å². The third kappa shape index (κ3) is 3.92. The molecule has 3 atom stereocenters. The number of hydrogen-bond acceptors (Lipinski definition) is 4. The van der Waals surface area contributed by atoms with Gasteiger partial charge in [0.15, 0.2) is 5.69 Å². The number of halogens is 1. The van der Waals surface area contributed by atoms with Crippen LogP contribution < -0.4 is 11.1 Å². The number of likely N-dealkylation sites (tertiary alicyclic amines) is 1. The van der Waals surface area contributed by atoms with Crippen molar-refractivity contribution in [1.82, 2.24) is 14.7 Å². The van der Waals surface area contributed by atoms with Gasteiger partial charge in [0.05, 0.1) is 11.2 Å². The fourth-order valence-corrected chi connectivity index (χ4v) is 6.02. The highest BCUT2D eigenvalue weighted by molar-refractivity contribution is 6.04. The summed E-state index contributed by atoms with van der Waals surface area (Å²) in [6.07, 6.45) is 5.11. The number of anilines is 1. The number of piperidine rings is 1. The minimum Gasteiger partial charge on any atom is -0.364 e. The summed E-state index contributed by atoms with van der Waals surface area (Å²) in [6, 6.07) is 11.5. The standard InChI is InChI=1S/C27H28FN5O3/c28-24-18(16-9-10-16)5-3-6-20(24)30-27(36)22-13-15-8-11-17(12-15)33(22)23(34)14-32-21-7-2-1-4-19(21)25(31-32)26(29)35/h1-7,15-17,22H,8-14H2,(H2,29,35)(H,30,36)/t15-,17-,22+/m1/s1. The van der Waals surface area contributed by atoms with Crippen molar-refractivity contribution in [2.45, 2.75) is 63.1 Å². The summed E-state index contributed by atoms with van der Waals surface area (Å²) in [4.78, 5) is 40.7. The Morgan fingerprint density at radius 2 is 1.83 bits per heavy atom. The van der Waals surface area contributed by atoms with Gasteiger partial charge in [-0.2, -0.15) is 5.10 Å². The van der Waals surface area contributed by atoms with Crippen LogP contribution in [0.25, 0.3) is 10.9 Å². The Morgan fingerprint density at radius 1 is 1.03 bits per heavy atom. The molecule has 3 N–H and O–H groups in total. The molecule has 2 aromatic carbocycles. The monoisotopic (exact) mass is 489 g/mol. The molecule has 3 aliphatic rings. The van der Waals surface area contributed by atoms with Gasteiger partial charge in [0.25, 0.3) is 5.91 Å². The summed E-state index contributed by atoms with van der Waals surface area (Å²) in [7, 11) is 0. The number of fused-ring (bicyclic) bond motifs is 3. The predicted octanol–water partition coefficient (Wildman–Crippen LogP) is 3.56. The molecule has 36 heavy (non-hydrogen) atoms. The van der Waals surface area contributed by atoms with E-state index in [-0.39, 0.29) is 47.5 Å². The molecule has 1 aromatic heterocycles. The second-order valence-corrected chi connectivity index (χ2v) is 10.2. The molecule has 1 saturated heterocycles. The van der Waals surface area contributed by atoms with Crippen LogP contribution in [0.2, 0.25) is 0 Å². The molecule has 0 spiro atoms. The lowest BCUT2D eigenvalue weighted by molar-refractivity contribution is -0.144. The zero-order chi connectivity index (χ0) is 25.0. The number of primary amides is 1. The zero-order valence-corrected chi connectivity index (χ0v) is 19.8. The van der Waals surface area contributed by atoms with Crippen LogP contribution in [-0.2, 0) is 16.1 Å². The van der Waals surface area contributed by atoms with Crippen molar-refractivity contribution in [3.05, 3.63) is 59.5 Å². The molecule has 1 aliphatic heterocycles. The maximum atomic E-state index is 15.1. The number of carbonyl (C=O) groups is 3. The maximum Gasteiger partial charge on any atom is 0.269 e. The number of nitrogens with two attached hydrogens (primary N) is 1. The van der Waals surface area contributed by atoms with Crippen molar-refractivity contribution in [1.29, 1.82) is 0 Å². The van der Waals surface area contributed by atoms with Crippen LogP contribution in [0, 0.1) is 11.7 Å². The molecule has 8 nitrogen and oxygen atoms in total. The summed E-state index contributed by atoms with van der Waals surface area (Å²) in [6.45, 7) is -0.121. The highest BCUT2D eigenvalue weighted by Gasteiger charge is 2.45. The van der Waals surface area contributed by atoms with Crippen LogP contribution in [0.3, 0.4) is 0 Å². The smallest absolute Gasteiger partial charge is 0.269 e. The number of carbonyl (C=O) groups excluding carboxylic acids is 3. The van der Waals surface area contributed by atoms with Gasteiger partial charge in [0.2, 0.25) is 11.8 Å². The molecule has 3 amide bonds. The average Bonchev–Trinajstić information content (AvgIpc) is 3.55. The Labute approximate surface area is 207 Å². The summed E-state index contributed by atoms with van der Waals surface area (Å²) in [5.74, 6) is -1.08. The van der Waals surface area contributed by atoms with Crippen LogP contribution in [0.15, 0.2) is 42.5 Å². The molecule has 2 aliphatic carbocycles. The van der Waals surface area contributed by atoms with Gasteiger partial charge in [-0.15, -0.1) is 0 Å². The third-order valence-electron chi connectivity index (χ3n) is 7.87. The number of amides is 3. The summed E-state index contributed by atoms with van der Waals surface area (Å²) >= 11 is 0. The lowest BCUT2D eigenvalue weighted by Gasteiger charge is -2.40. The summed E-state index contributed by atoms with van der Waals surface area (Å²) < 4.78 is 16.5. The summed E-state index contributed by atoms with van der Waals surface area (Å²) in [5, 5.41) is 7.67. The number of rotatable bonds is 6. The molecule has 6 rings (SSSR count). The predicted molar refractivity (Wildman–Crippen MR) is 132 cm³/mol. The van der Waals surface area contributed by atoms with Gasteiger partial charge in [-0.1, -0.05) is 30.3 Å². The van der Waals surface area contributed by atoms with Crippen molar-refractivity contribution in [3.63, 3.8) is 0 Å². The van der Waals surface area contributed by atoms with Crippen molar-refractivity contribution in [2.75, 3.05) is 5.32 Å². The lowest BCUT2D eigenvalue weighted by atomic mass is 9.91. The molecule has 0 unspecified atom stereocenters. The first-order valence-electron chi connectivity index (χ1n) is 12.6. The quantitative estimate of drug-likeness (QED) is 0.552. The molecule has 0 radical (unpaired) electrons. The minimum absolute atomic E-state index is 0.0490. The fraction of sp³-hybridized carbons (Fsp3) is 0.407. The molecule has 2 bridgehead atoms. The first-order valence-corrected chi connectivity index (χ1v) is 12.6. The Hall–Kier alpha value is -3.75. The van der Waals surface area contributed by atoms with Crippen LogP contribution in [0.1, 0.15) is 60.5 Å². The van der Waals surface area contributed by atoms with Crippen molar-refractivity contribution in [2.24, 2.45) is 11.7 Å². The molecule has 3 aromatic rings. The first kappa shape index (κ1) is 22.7. The Balaban J connectivity index is 1.27. The summed E-state index contributed by atoms with van der Waals surface area (Å²) in [5.41, 5.74) is 7.04. The number of nitrogens with zero attached hydrogens (tertiary/aromatic N) is 3. The highest BCUT2D eigenvalue weighted by Crippen LogP contribution is 2.43. The van der Waals surface area contributed by atoms with E-state index in [2.05, 4.69) is 10.4 Å². The first-order chi connectivity index (χ1) is 17.4. The molecule has 2 saturated carbocycles. The van der Waals surface area contributed by atoms with Crippen molar-refractivity contribution in [3.8, 4) is 0 Å². The SMILES string of the molecule is NC(=O)c1nn(CC(=O)N2[C@@H]3CC[C@H](C3)C[C@H]2C(=O)Nc2cccc(C3CC3)c2F)c2ccccc12. The second kappa shape index (κ2) is 8.72. The van der Waals surface area contributed by atoms with Gasteiger partial charge in [0, 0.05) is 11.4 Å². The number of para-hydroxylation sites is 1. The molecule has 9 heteroatoms.